The first-order valence-electron chi connectivity index (χ1n) is 8.23. The molecule has 7 heteroatoms. The van der Waals surface area contributed by atoms with Gasteiger partial charge < -0.3 is 18.6 Å². The molecule has 136 valence electrons. The van der Waals surface area contributed by atoms with Gasteiger partial charge in [-0.3, -0.25) is 0 Å². The summed E-state index contributed by atoms with van der Waals surface area (Å²) < 4.78 is 22.1. The van der Waals surface area contributed by atoms with Crippen molar-refractivity contribution in [2.45, 2.75) is 32.5 Å². The maximum absolute atomic E-state index is 12.8. The Balaban J connectivity index is 1.91. The van der Waals surface area contributed by atoms with Gasteiger partial charge in [-0.1, -0.05) is 0 Å². The van der Waals surface area contributed by atoms with E-state index in [4.69, 9.17) is 18.6 Å². The number of aromatic nitrogens is 1. The van der Waals surface area contributed by atoms with Gasteiger partial charge in [0, 0.05) is 11.3 Å². The molecule has 0 saturated carbocycles. The predicted octanol–water partition coefficient (Wildman–Crippen LogP) is 3.79. The fourth-order valence-corrected chi connectivity index (χ4v) is 4.26. The molecule has 6 nitrogen and oxygen atoms in total. The molecule has 2 aromatic heterocycles. The molecule has 0 fully saturated rings. The average molecular weight is 373 g/mol. The molecular formula is C19H19NO5S. The molecule has 0 atom stereocenters. The zero-order valence-electron chi connectivity index (χ0n) is 15.0. The van der Waals surface area contributed by atoms with E-state index in [0.29, 0.717) is 40.3 Å². The largest absolute Gasteiger partial charge is 0.497 e. The number of rotatable bonds is 3. The molecule has 1 aliphatic rings. The lowest BCUT2D eigenvalue weighted by Crippen LogP contribution is -2.31. The highest BCUT2D eigenvalue weighted by molar-refractivity contribution is 7.18. The van der Waals surface area contributed by atoms with Crippen LogP contribution >= 0.6 is 11.3 Å². The molecule has 0 saturated heterocycles. The van der Waals surface area contributed by atoms with Crippen molar-refractivity contribution in [2.24, 2.45) is 0 Å². The minimum absolute atomic E-state index is 0.219. The average Bonchev–Trinajstić information content (AvgIpc) is 2.98. The summed E-state index contributed by atoms with van der Waals surface area (Å²) in [5.41, 5.74) is 0.882. The van der Waals surface area contributed by atoms with Gasteiger partial charge in [0.25, 0.3) is 0 Å². The summed E-state index contributed by atoms with van der Waals surface area (Å²) in [7, 11) is 3.14. The number of ether oxygens (including phenoxy) is 3. The van der Waals surface area contributed by atoms with Crippen LogP contribution in [0.1, 0.15) is 24.3 Å². The van der Waals surface area contributed by atoms with E-state index < -0.39 is 0 Å². The summed E-state index contributed by atoms with van der Waals surface area (Å²) in [6.45, 7) is 4.52. The standard InChI is InChI=1S/C19H19NO5S/c1-19(2)8-12-14(9-24-19)26-17-15(12)18(21)25-16(20-17)11-7-10(22-3)5-6-13(11)23-4/h5-7H,8-9H2,1-4H3. The normalized spacial score (nSPS) is 15.7. The number of hydrogen-bond donors (Lipinski definition) is 0. The van der Waals surface area contributed by atoms with Gasteiger partial charge >= 0.3 is 5.63 Å². The van der Waals surface area contributed by atoms with E-state index in [0.717, 1.165) is 10.4 Å². The summed E-state index contributed by atoms with van der Waals surface area (Å²) in [6, 6.07) is 5.29. The smallest absolute Gasteiger partial charge is 0.348 e. The zero-order valence-corrected chi connectivity index (χ0v) is 15.9. The Kier molecular flexibility index (Phi) is 4.00. The zero-order chi connectivity index (χ0) is 18.5. The molecule has 0 unspecified atom stereocenters. The number of methoxy groups -OCH3 is 2. The lowest BCUT2D eigenvalue weighted by atomic mass is 9.95. The highest BCUT2D eigenvalue weighted by atomic mass is 32.1. The van der Waals surface area contributed by atoms with Gasteiger partial charge in [-0.05, 0) is 37.6 Å². The van der Waals surface area contributed by atoms with Crippen LogP contribution in [0, 0.1) is 0 Å². The summed E-state index contributed by atoms with van der Waals surface area (Å²) in [6.07, 6.45) is 0.663. The predicted molar refractivity (Wildman–Crippen MR) is 99.3 cm³/mol. The van der Waals surface area contributed by atoms with Crippen LogP contribution in [0.4, 0.5) is 0 Å². The van der Waals surface area contributed by atoms with Gasteiger partial charge in [0.2, 0.25) is 5.89 Å². The SMILES string of the molecule is COc1ccc(OC)c(-c2nc3sc4c(c3c(=O)o2)CC(C)(C)OC4)c1. The molecule has 3 aromatic rings. The van der Waals surface area contributed by atoms with Crippen molar-refractivity contribution in [1.29, 1.82) is 0 Å². The first-order chi connectivity index (χ1) is 12.4. The third-order valence-corrected chi connectivity index (χ3v) is 5.60. The van der Waals surface area contributed by atoms with Crippen LogP contribution in [0.25, 0.3) is 21.7 Å². The fraction of sp³-hybridized carbons (Fsp3) is 0.368. The van der Waals surface area contributed by atoms with E-state index in [9.17, 15) is 4.79 Å². The van der Waals surface area contributed by atoms with Gasteiger partial charge in [-0.15, -0.1) is 11.3 Å². The van der Waals surface area contributed by atoms with Crippen molar-refractivity contribution in [3.05, 3.63) is 39.1 Å². The van der Waals surface area contributed by atoms with Crippen LogP contribution in [0.15, 0.2) is 27.4 Å². The maximum atomic E-state index is 12.8. The van der Waals surface area contributed by atoms with Crippen LogP contribution in [0.2, 0.25) is 0 Å². The first kappa shape index (κ1) is 17.1. The van der Waals surface area contributed by atoms with Crippen LogP contribution in [0.3, 0.4) is 0 Å². The quantitative estimate of drug-likeness (QED) is 0.696. The Morgan fingerprint density at radius 1 is 1.23 bits per heavy atom. The molecule has 0 spiro atoms. The Bertz CT molecular complexity index is 1050. The number of benzene rings is 1. The number of fused-ring (bicyclic) bond motifs is 3. The summed E-state index contributed by atoms with van der Waals surface area (Å²) in [5, 5.41) is 0.562. The number of thiophene rings is 1. The minimum Gasteiger partial charge on any atom is -0.497 e. The summed E-state index contributed by atoms with van der Waals surface area (Å²) >= 11 is 1.48. The van der Waals surface area contributed by atoms with Gasteiger partial charge in [-0.25, -0.2) is 9.78 Å². The Hall–Kier alpha value is -2.38. The van der Waals surface area contributed by atoms with Crippen molar-refractivity contribution in [3.8, 4) is 23.0 Å². The van der Waals surface area contributed by atoms with Gasteiger partial charge in [0.05, 0.1) is 32.0 Å². The van der Waals surface area contributed by atoms with Crippen molar-refractivity contribution in [1.82, 2.24) is 4.98 Å². The van der Waals surface area contributed by atoms with Crippen molar-refractivity contribution < 1.29 is 18.6 Å². The van der Waals surface area contributed by atoms with Crippen LogP contribution < -0.4 is 15.1 Å². The highest BCUT2D eigenvalue weighted by Gasteiger charge is 2.31. The van der Waals surface area contributed by atoms with E-state index >= 15 is 0 Å². The molecule has 4 rings (SSSR count). The highest BCUT2D eigenvalue weighted by Crippen LogP contribution is 2.39. The molecule has 3 heterocycles. The lowest BCUT2D eigenvalue weighted by Gasteiger charge is -2.29. The van der Waals surface area contributed by atoms with Crippen LogP contribution in [-0.4, -0.2) is 24.8 Å². The Morgan fingerprint density at radius 3 is 2.77 bits per heavy atom. The van der Waals surface area contributed by atoms with Crippen LogP contribution in [-0.2, 0) is 17.8 Å². The Labute approximate surface area is 154 Å². The van der Waals surface area contributed by atoms with E-state index in [1.807, 2.05) is 13.8 Å². The third-order valence-electron chi connectivity index (χ3n) is 4.50. The molecule has 0 amide bonds. The van der Waals surface area contributed by atoms with Crippen molar-refractivity contribution in [3.63, 3.8) is 0 Å². The number of nitrogens with zero attached hydrogens (tertiary/aromatic N) is 1. The first-order valence-corrected chi connectivity index (χ1v) is 9.05. The molecular weight excluding hydrogens is 354 g/mol. The van der Waals surface area contributed by atoms with E-state index in [-0.39, 0.29) is 17.1 Å². The summed E-state index contributed by atoms with van der Waals surface area (Å²) in [4.78, 5) is 19.1. The van der Waals surface area contributed by atoms with Crippen molar-refractivity contribution >= 4 is 21.6 Å². The van der Waals surface area contributed by atoms with Crippen LogP contribution in [0.5, 0.6) is 11.5 Å². The topological polar surface area (TPSA) is 70.8 Å². The minimum atomic E-state index is -0.384. The number of hydrogen-bond acceptors (Lipinski definition) is 7. The van der Waals surface area contributed by atoms with Gasteiger partial charge in [-0.2, -0.15) is 0 Å². The second kappa shape index (κ2) is 6.10. The third kappa shape index (κ3) is 2.77. The lowest BCUT2D eigenvalue weighted by molar-refractivity contribution is -0.0379. The maximum Gasteiger partial charge on any atom is 0.348 e. The van der Waals surface area contributed by atoms with E-state index in [1.54, 1.807) is 32.4 Å². The molecule has 0 aliphatic carbocycles. The van der Waals surface area contributed by atoms with E-state index in [1.165, 1.54) is 11.3 Å². The molecule has 1 aliphatic heterocycles. The van der Waals surface area contributed by atoms with Crippen molar-refractivity contribution in [2.75, 3.05) is 14.2 Å². The molecule has 0 bridgehead atoms. The summed E-state index contributed by atoms with van der Waals surface area (Å²) in [5.74, 6) is 1.41. The molecule has 0 radical (unpaired) electrons. The van der Waals surface area contributed by atoms with Gasteiger partial charge in [0.1, 0.15) is 21.7 Å². The molecule has 26 heavy (non-hydrogen) atoms. The Morgan fingerprint density at radius 2 is 2.04 bits per heavy atom. The second-order valence-corrected chi connectivity index (χ2v) is 7.87. The van der Waals surface area contributed by atoms with E-state index in [2.05, 4.69) is 4.98 Å². The fourth-order valence-electron chi connectivity index (χ4n) is 3.18. The monoisotopic (exact) mass is 373 g/mol. The molecule has 0 N–H and O–H groups in total. The second-order valence-electron chi connectivity index (χ2n) is 6.78. The molecule has 1 aromatic carbocycles. The van der Waals surface area contributed by atoms with Gasteiger partial charge in [0.15, 0.2) is 0 Å².